The van der Waals surface area contributed by atoms with Crippen LogP contribution in [-0.2, 0) is 13.0 Å². The Hall–Kier alpha value is -2.50. The fourth-order valence-corrected chi connectivity index (χ4v) is 6.28. The first-order chi connectivity index (χ1) is 16.3. The normalized spacial score (nSPS) is 16.2. The van der Waals surface area contributed by atoms with Crippen LogP contribution in [0.2, 0.25) is 0 Å². The minimum Gasteiger partial charge on any atom is -0.372 e. The molecule has 2 heterocycles. The average Bonchev–Trinajstić information content (AvgIpc) is 3.39. The molecule has 0 amide bonds. The number of anilines is 3. The van der Waals surface area contributed by atoms with Gasteiger partial charge in [0.2, 0.25) is 0 Å². The Morgan fingerprint density at radius 3 is 2.76 bits per heavy atom. The van der Waals surface area contributed by atoms with E-state index < -0.39 is 0 Å². The molecule has 0 atom stereocenters. The molecule has 1 fully saturated rings. The Kier molecular flexibility index (Phi) is 7.18. The summed E-state index contributed by atoms with van der Waals surface area (Å²) in [5, 5.41) is 3.43. The second-order valence-corrected chi connectivity index (χ2v) is 10.2. The molecule has 0 unspecified atom stereocenters. The second kappa shape index (κ2) is 10.6. The standard InChI is InChI=1S/C28H34N4S/c1-2-31-18-8-9-23-19-22(15-16-27(23)31)21-32(25-11-3-4-12-25)33-26-13-7-10-24(20-26)30-28-14-5-6-17-29-28/h5-7,10,13-17,19-20,25H,2-4,8-9,11-12,18,21H2,1H3,(H,29,30). The SMILES string of the molecule is CCN1CCCc2cc(CN(Sc3cccc(Nc4ccccn4)c3)C3CCCC3)ccc21. The summed E-state index contributed by atoms with van der Waals surface area (Å²) in [6.45, 7) is 5.54. The van der Waals surface area contributed by atoms with Gasteiger partial charge in [-0.05, 0) is 92.1 Å². The summed E-state index contributed by atoms with van der Waals surface area (Å²) in [7, 11) is 0. The Balaban J connectivity index is 1.33. The maximum Gasteiger partial charge on any atom is 0.130 e. The molecular weight excluding hydrogens is 424 g/mol. The number of aromatic nitrogens is 1. The molecule has 1 aliphatic carbocycles. The van der Waals surface area contributed by atoms with Gasteiger partial charge in [-0.15, -0.1) is 0 Å². The fourth-order valence-electron chi connectivity index (χ4n) is 5.11. The third-order valence-corrected chi connectivity index (χ3v) is 7.93. The second-order valence-electron chi connectivity index (χ2n) is 9.12. The zero-order valence-corrected chi connectivity index (χ0v) is 20.4. The molecule has 1 aromatic heterocycles. The molecule has 33 heavy (non-hydrogen) atoms. The first-order valence-corrected chi connectivity index (χ1v) is 13.2. The lowest BCUT2D eigenvalue weighted by molar-refractivity contribution is 0.350. The number of fused-ring (bicyclic) bond motifs is 1. The van der Waals surface area contributed by atoms with E-state index in [9.17, 15) is 0 Å². The summed E-state index contributed by atoms with van der Waals surface area (Å²) in [4.78, 5) is 8.19. The van der Waals surface area contributed by atoms with Gasteiger partial charge in [-0.25, -0.2) is 9.29 Å². The third-order valence-electron chi connectivity index (χ3n) is 6.80. The number of nitrogens with one attached hydrogen (secondary N) is 1. The van der Waals surface area contributed by atoms with E-state index in [2.05, 4.69) is 68.9 Å². The molecule has 1 aliphatic heterocycles. The molecule has 1 saturated carbocycles. The van der Waals surface area contributed by atoms with E-state index in [4.69, 9.17) is 0 Å². The number of aryl methyl sites for hydroxylation is 1. The van der Waals surface area contributed by atoms with Crippen LogP contribution in [0.1, 0.15) is 50.2 Å². The van der Waals surface area contributed by atoms with E-state index in [1.54, 1.807) is 0 Å². The number of pyridine rings is 1. The largest absolute Gasteiger partial charge is 0.372 e. The Labute approximate surface area is 202 Å². The highest BCUT2D eigenvalue weighted by Gasteiger charge is 2.25. The quantitative estimate of drug-likeness (QED) is 0.366. The maximum atomic E-state index is 4.40. The van der Waals surface area contributed by atoms with Crippen LogP contribution in [0.15, 0.2) is 71.8 Å². The van der Waals surface area contributed by atoms with Gasteiger partial charge in [-0.3, -0.25) is 0 Å². The number of nitrogens with zero attached hydrogens (tertiary/aromatic N) is 3. The summed E-state index contributed by atoms with van der Waals surface area (Å²) >= 11 is 1.91. The number of hydrogen-bond donors (Lipinski definition) is 1. The third kappa shape index (κ3) is 5.53. The zero-order valence-electron chi connectivity index (χ0n) is 19.5. The van der Waals surface area contributed by atoms with Crippen LogP contribution in [0, 0.1) is 0 Å². The highest BCUT2D eigenvalue weighted by Crippen LogP contribution is 2.36. The summed E-state index contributed by atoms with van der Waals surface area (Å²) in [5.41, 5.74) is 5.49. The van der Waals surface area contributed by atoms with Crippen molar-refractivity contribution in [3.8, 4) is 0 Å². The molecule has 0 spiro atoms. The lowest BCUT2D eigenvalue weighted by Crippen LogP contribution is -2.29. The van der Waals surface area contributed by atoms with E-state index in [1.807, 2.05) is 36.3 Å². The molecule has 4 nitrogen and oxygen atoms in total. The van der Waals surface area contributed by atoms with Gasteiger partial charge in [0.15, 0.2) is 0 Å². The minimum atomic E-state index is 0.644. The summed E-state index contributed by atoms with van der Waals surface area (Å²) < 4.78 is 2.63. The van der Waals surface area contributed by atoms with Crippen LogP contribution < -0.4 is 10.2 Å². The lowest BCUT2D eigenvalue weighted by atomic mass is 9.99. The predicted octanol–water partition coefficient (Wildman–Crippen LogP) is 7.05. The minimum absolute atomic E-state index is 0.644. The monoisotopic (exact) mass is 458 g/mol. The van der Waals surface area contributed by atoms with Crippen molar-refractivity contribution in [2.45, 2.75) is 62.9 Å². The topological polar surface area (TPSA) is 31.4 Å². The van der Waals surface area contributed by atoms with Crippen LogP contribution in [-0.4, -0.2) is 28.4 Å². The Morgan fingerprint density at radius 2 is 1.94 bits per heavy atom. The van der Waals surface area contributed by atoms with Crippen molar-refractivity contribution in [3.63, 3.8) is 0 Å². The molecule has 172 valence electrons. The van der Waals surface area contributed by atoms with Gasteiger partial charge in [0, 0.05) is 48.1 Å². The zero-order chi connectivity index (χ0) is 22.5. The van der Waals surface area contributed by atoms with E-state index >= 15 is 0 Å². The van der Waals surface area contributed by atoms with Crippen LogP contribution >= 0.6 is 11.9 Å². The smallest absolute Gasteiger partial charge is 0.130 e. The van der Waals surface area contributed by atoms with Crippen molar-refractivity contribution in [2.24, 2.45) is 0 Å². The number of hydrogen-bond acceptors (Lipinski definition) is 5. The molecular formula is C28H34N4S. The van der Waals surface area contributed by atoms with Crippen LogP contribution in [0.4, 0.5) is 17.2 Å². The number of rotatable bonds is 8. The molecule has 1 N–H and O–H groups in total. The predicted molar refractivity (Wildman–Crippen MR) is 140 cm³/mol. The Bertz CT molecular complexity index is 1050. The van der Waals surface area contributed by atoms with Gasteiger partial charge < -0.3 is 10.2 Å². The van der Waals surface area contributed by atoms with Gasteiger partial charge in [0.25, 0.3) is 0 Å². The van der Waals surface area contributed by atoms with Crippen molar-refractivity contribution in [1.29, 1.82) is 0 Å². The van der Waals surface area contributed by atoms with E-state index in [0.717, 1.165) is 24.6 Å². The van der Waals surface area contributed by atoms with Crippen molar-refractivity contribution in [1.82, 2.24) is 9.29 Å². The van der Waals surface area contributed by atoms with Gasteiger partial charge in [-0.1, -0.05) is 37.1 Å². The molecule has 5 rings (SSSR count). The van der Waals surface area contributed by atoms with E-state index in [1.165, 1.54) is 66.8 Å². The lowest BCUT2D eigenvalue weighted by Gasteiger charge is -2.32. The molecule has 2 aliphatic rings. The van der Waals surface area contributed by atoms with Crippen molar-refractivity contribution in [2.75, 3.05) is 23.3 Å². The summed E-state index contributed by atoms with van der Waals surface area (Å²) in [5.74, 6) is 0.877. The van der Waals surface area contributed by atoms with Crippen molar-refractivity contribution in [3.05, 3.63) is 78.0 Å². The fraction of sp³-hybridized carbons (Fsp3) is 0.393. The molecule has 0 bridgehead atoms. The van der Waals surface area contributed by atoms with Gasteiger partial charge in [0.1, 0.15) is 5.82 Å². The van der Waals surface area contributed by atoms with Gasteiger partial charge in [0.05, 0.1) is 0 Å². The van der Waals surface area contributed by atoms with Gasteiger partial charge in [-0.2, -0.15) is 0 Å². The van der Waals surface area contributed by atoms with Crippen molar-refractivity contribution < 1.29 is 0 Å². The van der Waals surface area contributed by atoms with Crippen LogP contribution in [0.5, 0.6) is 0 Å². The number of benzene rings is 2. The first-order valence-electron chi connectivity index (χ1n) is 12.4. The van der Waals surface area contributed by atoms with Crippen LogP contribution in [0.25, 0.3) is 0 Å². The highest BCUT2D eigenvalue weighted by atomic mass is 32.2. The molecule has 0 saturated heterocycles. The maximum absolute atomic E-state index is 4.40. The van der Waals surface area contributed by atoms with Crippen LogP contribution in [0.3, 0.4) is 0 Å². The van der Waals surface area contributed by atoms with E-state index in [-0.39, 0.29) is 0 Å². The molecule has 2 aromatic carbocycles. The average molecular weight is 459 g/mol. The van der Waals surface area contributed by atoms with Crippen molar-refractivity contribution >= 4 is 29.1 Å². The molecule has 5 heteroatoms. The van der Waals surface area contributed by atoms with Gasteiger partial charge >= 0.3 is 0 Å². The molecule has 0 radical (unpaired) electrons. The highest BCUT2D eigenvalue weighted by molar-refractivity contribution is 7.97. The first kappa shape index (κ1) is 22.3. The Morgan fingerprint density at radius 1 is 1.03 bits per heavy atom. The van der Waals surface area contributed by atoms with E-state index in [0.29, 0.717) is 6.04 Å². The molecule has 3 aromatic rings. The summed E-state index contributed by atoms with van der Waals surface area (Å²) in [6.07, 6.45) is 9.58. The summed E-state index contributed by atoms with van der Waals surface area (Å²) in [6, 6.07) is 22.5.